The normalized spacial score (nSPS) is 58.3. The highest BCUT2D eigenvalue weighted by atomic mass is 16.3. The Labute approximate surface area is 193 Å². The average molecular weight is 429 g/mol. The van der Waals surface area contributed by atoms with Crippen LogP contribution in [0.3, 0.4) is 0 Å². The summed E-state index contributed by atoms with van der Waals surface area (Å²) in [7, 11) is 0. The Morgan fingerprint density at radius 1 is 0.677 bits per heavy atom. The third kappa shape index (κ3) is 2.71. The van der Waals surface area contributed by atoms with E-state index in [0.29, 0.717) is 27.6 Å². The number of aliphatic hydroxyl groups is 1. The van der Waals surface area contributed by atoms with E-state index in [0.717, 1.165) is 36.0 Å². The standard InChI is InChI=1S/C30H52O/c1-19(2)20-11-14-27(5)17-18-29(7)21(25(20)27)9-10-23-28(6)15-13-24(31)26(3,4)22(28)12-16-30(23,29)8/h19-25,31H,9-18H2,1-8H3/t20-,21+,22-,23+,24-,25-,27+,28-,29+,30+/m0/s1. The lowest BCUT2D eigenvalue weighted by atomic mass is 9.32. The first-order valence-corrected chi connectivity index (χ1v) is 14.0. The van der Waals surface area contributed by atoms with Crippen LogP contribution in [0.4, 0.5) is 0 Å². The van der Waals surface area contributed by atoms with Gasteiger partial charge in [0.05, 0.1) is 6.10 Å². The molecule has 0 heterocycles. The topological polar surface area (TPSA) is 20.2 Å². The lowest BCUT2D eigenvalue weighted by Crippen LogP contribution is -2.66. The van der Waals surface area contributed by atoms with Crippen LogP contribution in [0, 0.1) is 62.6 Å². The first kappa shape index (κ1) is 22.7. The van der Waals surface area contributed by atoms with E-state index in [2.05, 4.69) is 55.4 Å². The second kappa shape index (κ2) is 6.76. The van der Waals surface area contributed by atoms with Gasteiger partial charge in [-0.2, -0.15) is 0 Å². The summed E-state index contributed by atoms with van der Waals surface area (Å²) in [6.07, 6.45) is 13.7. The van der Waals surface area contributed by atoms with Crippen molar-refractivity contribution in [3.8, 4) is 0 Å². The van der Waals surface area contributed by atoms with E-state index in [1.54, 1.807) is 0 Å². The van der Waals surface area contributed by atoms with Crippen LogP contribution in [-0.4, -0.2) is 11.2 Å². The van der Waals surface area contributed by atoms with Gasteiger partial charge in [0.25, 0.3) is 0 Å². The first-order chi connectivity index (χ1) is 14.3. The van der Waals surface area contributed by atoms with E-state index < -0.39 is 0 Å². The second-order valence-corrected chi connectivity index (χ2v) is 15.2. The fourth-order valence-corrected chi connectivity index (χ4v) is 11.7. The highest BCUT2D eigenvalue weighted by molar-refractivity contribution is 5.19. The summed E-state index contributed by atoms with van der Waals surface area (Å²) in [6, 6.07) is 0. The zero-order valence-corrected chi connectivity index (χ0v) is 22.1. The summed E-state index contributed by atoms with van der Waals surface area (Å²) < 4.78 is 0. The summed E-state index contributed by atoms with van der Waals surface area (Å²) in [5.41, 5.74) is 2.08. The molecule has 0 aromatic carbocycles. The first-order valence-electron chi connectivity index (χ1n) is 14.0. The quantitative estimate of drug-likeness (QED) is 0.447. The maximum absolute atomic E-state index is 10.9. The Morgan fingerprint density at radius 2 is 1.39 bits per heavy atom. The molecule has 0 saturated heterocycles. The largest absolute Gasteiger partial charge is 0.393 e. The summed E-state index contributed by atoms with van der Waals surface area (Å²) >= 11 is 0. The minimum atomic E-state index is -0.109. The van der Waals surface area contributed by atoms with Gasteiger partial charge in [-0.05, 0) is 127 Å². The van der Waals surface area contributed by atoms with Gasteiger partial charge in [-0.25, -0.2) is 0 Å². The molecule has 0 aromatic heterocycles. The van der Waals surface area contributed by atoms with Crippen LogP contribution in [-0.2, 0) is 0 Å². The highest BCUT2D eigenvalue weighted by Crippen LogP contribution is 2.77. The fourth-order valence-electron chi connectivity index (χ4n) is 11.7. The summed E-state index contributed by atoms with van der Waals surface area (Å²) in [5.74, 6) is 5.21. The maximum Gasteiger partial charge on any atom is 0.0594 e. The fraction of sp³-hybridized carbons (Fsp3) is 1.00. The summed E-state index contributed by atoms with van der Waals surface area (Å²) in [5, 5.41) is 10.9. The van der Waals surface area contributed by atoms with Gasteiger partial charge in [0.15, 0.2) is 0 Å². The number of fused-ring (bicyclic) bond motifs is 7. The van der Waals surface area contributed by atoms with Gasteiger partial charge in [0.1, 0.15) is 0 Å². The molecule has 1 heteroatoms. The SMILES string of the molecule is CC(C)[C@@H]1CC[C@]2(C)CC[C@]3(C)[C@H](CC[C@@H]4[C@@]5(C)CC[C@H](O)C(C)(C)[C@@H]5CC[C@]43C)[C@H]12. The number of aliphatic hydroxyl groups excluding tert-OH is 1. The molecule has 1 N–H and O–H groups in total. The Kier molecular flexibility index (Phi) is 4.96. The van der Waals surface area contributed by atoms with Crippen molar-refractivity contribution in [3.05, 3.63) is 0 Å². The van der Waals surface area contributed by atoms with Crippen molar-refractivity contribution in [1.29, 1.82) is 0 Å². The molecule has 10 atom stereocenters. The lowest BCUT2D eigenvalue weighted by molar-refractivity contribution is -0.248. The predicted octanol–water partition coefficient (Wildman–Crippen LogP) is 8.10. The van der Waals surface area contributed by atoms with Gasteiger partial charge in [-0.15, -0.1) is 0 Å². The molecule has 5 aliphatic rings. The van der Waals surface area contributed by atoms with Gasteiger partial charge in [0.2, 0.25) is 0 Å². The van der Waals surface area contributed by atoms with Gasteiger partial charge < -0.3 is 5.11 Å². The molecule has 0 spiro atoms. The molecule has 0 aromatic rings. The molecule has 5 rings (SSSR count). The average Bonchev–Trinajstić information content (AvgIpc) is 3.04. The molecule has 0 amide bonds. The van der Waals surface area contributed by atoms with Crippen molar-refractivity contribution < 1.29 is 5.11 Å². The van der Waals surface area contributed by atoms with Gasteiger partial charge in [-0.3, -0.25) is 0 Å². The zero-order valence-electron chi connectivity index (χ0n) is 22.1. The smallest absolute Gasteiger partial charge is 0.0594 e. The van der Waals surface area contributed by atoms with Crippen molar-refractivity contribution >= 4 is 0 Å². The van der Waals surface area contributed by atoms with Crippen LogP contribution in [0.15, 0.2) is 0 Å². The van der Waals surface area contributed by atoms with E-state index in [1.807, 2.05) is 0 Å². The van der Waals surface area contributed by atoms with Gasteiger partial charge in [-0.1, -0.05) is 55.4 Å². The van der Waals surface area contributed by atoms with Crippen LogP contribution in [0.25, 0.3) is 0 Å². The van der Waals surface area contributed by atoms with E-state index in [4.69, 9.17) is 0 Å². The van der Waals surface area contributed by atoms with E-state index in [1.165, 1.54) is 57.8 Å². The minimum absolute atomic E-state index is 0.0748. The van der Waals surface area contributed by atoms with Crippen molar-refractivity contribution in [1.82, 2.24) is 0 Å². The molecule has 1 nitrogen and oxygen atoms in total. The van der Waals surface area contributed by atoms with Crippen molar-refractivity contribution in [2.45, 2.75) is 126 Å². The van der Waals surface area contributed by atoms with Crippen LogP contribution in [0.5, 0.6) is 0 Å². The molecule has 178 valence electrons. The van der Waals surface area contributed by atoms with Crippen LogP contribution in [0.2, 0.25) is 0 Å². The predicted molar refractivity (Wildman–Crippen MR) is 131 cm³/mol. The van der Waals surface area contributed by atoms with Crippen LogP contribution in [0.1, 0.15) is 120 Å². The van der Waals surface area contributed by atoms with Gasteiger partial charge >= 0.3 is 0 Å². The van der Waals surface area contributed by atoms with Crippen LogP contribution >= 0.6 is 0 Å². The van der Waals surface area contributed by atoms with E-state index in [-0.39, 0.29) is 11.5 Å². The molecule has 0 radical (unpaired) electrons. The molecule has 0 unspecified atom stereocenters. The molecular formula is C30H52O. The monoisotopic (exact) mass is 428 g/mol. The number of hydrogen-bond donors (Lipinski definition) is 1. The zero-order chi connectivity index (χ0) is 22.6. The lowest BCUT2D eigenvalue weighted by Gasteiger charge is -2.73. The van der Waals surface area contributed by atoms with Crippen LogP contribution < -0.4 is 0 Å². The molecule has 31 heavy (non-hydrogen) atoms. The second-order valence-electron chi connectivity index (χ2n) is 15.2. The Morgan fingerprint density at radius 3 is 2.06 bits per heavy atom. The molecular weight excluding hydrogens is 376 g/mol. The number of rotatable bonds is 1. The number of hydrogen-bond acceptors (Lipinski definition) is 1. The Bertz CT molecular complexity index is 724. The maximum atomic E-state index is 10.9. The van der Waals surface area contributed by atoms with E-state index in [9.17, 15) is 5.11 Å². The summed E-state index contributed by atoms with van der Waals surface area (Å²) in [4.78, 5) is 0. The molecule has 0 aliphatic heterocycles. The third-order valence-corrected chi connectivity index (χ3v) is 13.7. The van der Waals surface area contributed by atoms with E-state index >= 15 is 0 Å². The van der Waals surface area contributed by atoms with Gasteiger partial charge in [0, 0.05) is 0 Å². The Balaban J connectivity index is 1.54. The molecule has 5 fully saturated rings. The van der Waals surface area contributed by atoms with Crippen molar-refractivity contribution in [2.75, 3.05) is 0 Å². The molecule has 5 aliphatic carbocycles. The van der Waals surface area contributed by atoms with Crippen molar-refractivity contribution in [3.63, 3.8) is 0 Å². The summed E-state index contributed by atoms with van der Waals surface area (Å²) in [6.45, 7) is 20.7. The van der Waals surface area contributed by atoms with Crippen molar-refractivity contribution in [2.24, 2.45) is 62.6 Å². The highest BCUT2D eigenvalue weighted by Gasteiger charge is 2.70. The minimum Gasteiger partial charge on any atom is -0.393 e. The Hall–Kier alpha value is -0.0400. The third-order valence-electron chi connectivity index (χ3n) is 13.7. The molecule has 0 bridgehead atoms. The molecule has 5 saturated carbocycles.